The maximum absolute atomic E-state index is 6.09. The molecule has 2 aliphatic heterocycles. The minimum atomic E-state index is 0.139. The second kappa shape index (κ2) is 1.70. The molecule has 2 fully saturated rings. The highest BCUT2D eigenvalue weighted by Crippen LogP contribution is 2.33. The predicted octanol–water partition coefficient (Wildman–Crippen LogP) is 0.531. The molecule has 2 rings (SSSR count). The summed E-state index contributed by atoms with van der Waals surface area (Å²) in [5.41, 5.74) is 6.23. The van der Waals surface area contributed by atoms with E-state index in [-0.39, 0.29) is 5.66 Å². The molecule has 0 aromatic carbocycles. The van der Waals surface area contributed by atoms with Gasteiger partial charge in [-0.05, 0) is 38.8 Å². The van der Waals surface area contributed by atoms with Gasteiger partial charge in [0, 0.05) is 0 Å². The highest BCUT2D eigenvalue weighted by Gasteiger charge is 2.40. The van der Waals surface area contributed by atoms with Crippen molar-refractivity contribution < 1.29 is 0 Å². The molecule has 0 saturated carbocycles. The van der Waals surface area contributed by atoms with Gasteiger partial charge in [-0.1, -0.05) is 0 Å². The lowest BCUT2D eigenvalue weighted by Crippen LogP contribution is -2.46. The van der Waals surface area contributed by atoms with Crippen molar-refractivity contribution >= 4 is 0 Å². The lowest BCUT2D eigenvalue weighted by molar-refractivity contribution is 0.203. The van der Waals surface area contributed by atoms with Crippen LogP contribution in [0.25, 0.3) is 0 Å². The number of hydrogen-bond donors (Lipinski definition) is 1. The minimum absolute atomic E-state index is 0.139. The van der Waals surface area contributed by atoms with Crippen LogP contribution in [0.4, 0.5) is 0 Å². The fraction of sp³-hybridized carbons (Fsp3) is 1.00. The first-order valence-electron chi connectivity index (χ1n) is 3.85. The molecule has 52 valence electrons. The summed E-state index contributed by atoms with van der Waals surface area (Å²) in [6.07, 6.45) is 5.09. The fourth-order valence-corrected chi connectivity index (χ4v) is 2.15. The molecule has 2 heterocycles. The Kier molecular flexibility index (Phi) is 1.08. The largest absolute Gasteiger partial charge is 0.313 e. The summed E-state index contributed by atoms with van der Waals surface area (Å²) in [5, 5.41) is 0. The zero-order chi connectivity index (χ0) is 6.32. The van der Waals surface area contributed by atoms with Crippen molar-refractivity contribution in [1.29, 1.82) is 0 Å². The normalized spacial score (nSPS) is 33.0. The predicted molar refractivity (Wildman–Crippen MR) is 37.0 cm³/mol. The van der Waals surface area contributed by atoms with Crippen LogP contribution in [0.3, 0.4) is 0 Å². The van der Waals surface area contributed by atoms with Crippen molar-refractivity contribution in [2.45, 2.75) is 31.3 Å². The topological polar surface area (TPSA) is 29.3 Å². The molecule has 9 heavy (non-hydrogen) atoms. The van der Waals surface area contributed by atoms with Crippen LogP contribution in [-0.4, -0.2) is 23.7 Å². The van der Waals surface area contributed by atoms with Gasteiger partial charge in [-0.25, -0.2) is 0 Å². The number of fused-ring (bicyclic) bond motifs is 1. The molecule has 2 saturated heterocycles. The molecule has 2 N–H and O–H groups in total. The van der Waals surface area contributed by atoms with E-state index in [0.29, 0.717) is 0 Å². The van der Waals surface area contributed by atoms with E-state index >= 15 is 0 Å². The van der Waals surface area contributed by atoms with E-state index < -0.39 is 0 Å². The van der Waals surface area contributed by atoms with E-state index in [2.05, 4.69) is 4.90 Å². The fourth-order valence-electron chi connectivity index (χ4n) is 2.15. The molecule has 0 aliphatic carbocycles. The van der Waals surface area contributed by atoms with Gasteiger partial charge in [0.2, 0.25) is 0 Å². The summed E-state index contributed by atoms with van der Waals surface area (Å²) in [7, 11) is 0. The number of rotatable bonds is 0. The molecule has 0 aromatic rings. The Labute approximate surface area is 56.0 Å². The van der Waals surface area contributed by atoms with Gasteiger partial charge in [0.25, 0.3) is 0 Å². The summed E-state index contributed by atoms with van der Waals surface area (Å²) in [6.45, 7) is 2.49. The van der Waals surface area contributed by atoms with E-state index in [4.69, 9.17) is 5.73 Å². The Hall–Kier alpha value is -0.0800. The zero-order valence-electron chi connectivity index (χ0n) is 5.77. The van der Waals surface area contributed by atoms with Crippen molar-refractivity contribution in [2.75, 3.05) is 13.1 Å². The number of nitrogens with zero attached hydrogens (tertiary/aromatic N) is 1. The molecular weight excluding hydrogens is 112 g/mol. The zero-order valence-corrected chi connectivity index (χ0v) is 5.77. The Balaban J connectivity index is 2.17. The number of hydrogen-bond acceptors (Lipinski definition) is 2. The second-order valence-corrected chi connectivity index (χ2v) is 3.30. The monoisotopic (exact) mass is 126 g/mol. The van der Waals surface area contributed by atoms with Crippen LogP contribution in [0.1, 0.15) is 25.7 Å². The molecule has 0 radical (unpaired) electrons. The molecule has 0 bridgehead atoms. The third kappa shape index (κ3) is 0.700. The Morgan fingerprint density at radius 2 is 1.67 bits per heavy atom. The standard InChI is InChI=1S/C7H14N2/c8-7-3-1-5-9(7)6-2-4-7/h1-6,8H2. The molecule has 0 amide bonds. The van der Waals surface area contributed by atoms with E-state index in [1.165, 1.54) is 38.8 Å². The van der Waals surface area contributed by atoms with Crippen LogP contribution in [0.15, 0.2) is 0 Å². The van der Waals surface area contributed by atoms with Crippen LogP contribution < -0.4 is 5.73 Å². The average molecular weight is 126 g/mol. The maximum atomic E-state index is 6.09. The molecular formula is C7H14N2. The number of nitrogens with two attached hydrogens (primary N) is 1. The molecule has 2 heteroatoms. The Morgan fingerprint density at radius 1 is 1.11 bits per heavy atom. The Bertz CT molecular complexity index is 112. The van der Waals surface area contributed by atoms with Gasteiger partial charge in [0.1, 0.15) is 0 Å². The summed E-state index contributed by atoms with van der Waals surface area (Å²) in [4.78, 5) is 2.44. The van der Waals surface area contributed by atoms with Crippen molar-refractivity contribution in [3.63, 3.8) is 0 Å². The van der Waals surface area contributed by atoms with Crippen molar-refractivity contribution in [1.82, 2.24) is 4.90 Å². The van der Waals surface area contributed by atoms with Crippen LogP contribution in [-0.2, 0) is 0 Å². The van der Waals surface area contributed by atoms with Gasteiger partial charge < -0.3 is 5.73 Å². The van der Waals surface area contributed by atoms with E-state index in [0.717, 1.165) is 0 Å². The van der Waals surface area contributed by atoms with Gasteiger partial charge >= 0.3 is 0 Å². The highest BCUT2D eigenvalue weighted by atomic mass is 15.3. The van der Waals surface area contributed by atoms with Crippen molar-refractivity contribution in [3.05, 3.63) is 0 Å². The summed E-state index contributed by atoms with van der Waals surface area (Å²) >= 11 is 0. The molecule has 2 aliphatic rings. The van der Waals surface area contributed by atoms with Crippen LogP contribution >= 0.6 is 0 Å². The van der Waals surface area contributed by atoms with Crippen molar-refractivity contribution in [3.8, 4) is 0 Å². The first-order chi connectivity index (χ1) is 4.31. The second-order valence-electron chi connectivity index (χ2n) is 3.30. The molecule has 0 spiro atoms. The summed E-state index contributed by atoms with van der Waals surface area (Å²) in [6, 6.07) is 0. The van der Waals surface area contributed by atoms with Crippen LogP contribution in [0.5, 0.6) is 0 Å². The molecule has 0 atom stereocenters. The van der Waals surface area contributed by atoms with E-state index in [1.54, 1.807) is 0 Å². The van der Waals surface area contributed by atoms with Gasteiger partial charge in [-0.15, -0.1) is 0 Å². The van der Waals surface area contributed by atoms with Gasteiger partial charge in [0.05, 0.1) is 5.66 Å². The lowest BCUT2D eigenvalue weighted by Gasteiger charge is -2.26. The Morgan fingerprint density at radius 3 is 2.11 bits per heavy atom. The minimum Gasteiger partial charge on any atom is -0.313 e. The van der Waals surface area contributed by atoms with Gasteiger partial charge in [0.15, 0.2) is 0 Å². The smallest absolute Gasteiger partial charge is 0.0688 e. The maximum Gasteiger partial charge on any atom is 0.0688 e. The summed E-state index contributed by atoms with van der Waals surface area (Å²) < 4.78 is 0. The SMILES string of the molecule is NC12CCCN1CCC2. The molecule has 0 aromatic heterocycles. The third-order valence-corrected chi connectivity index (χ3v) is 2.71. The average Bonchev–Trinajstić information content (AvgIpc) is 2.22. The molecule has 2 nitrogen and oxygen atoms in total. The first-order valence-corrected chi connectivity index (χ1v) is 3.85. The quantitative estimate of drug-likeness (QED) is 0.513. The summed E-state index contributed by atoms with van der Waals surface area (Å²) in [5.74, 6) is 0. The van der Waals surface area contributed by atoms with Gasteiger partial charge in [-0.3, -0.25) is 4.90 Å². The van der Waals surface area contributed by atoms with E-state index in [1.807, 2.05) is 0 Å². The first kappa shape index (κ1) is 5.69. The van der Waals surface area contributed by atoms with Crippen LogP contribution in [0, 0.1) is 0 Å². The third-order valence-electron chi connectivity index (χ3n) is 2.71. The lowest BCUT2D eigenvalue weighted by atomic mass is 10.1. The van der Waals surface area contributed by atoms with Crippen LogP contribution in [0.2, 0.25) is 0 Å². The highest BCUT2D eigenvalue weighted by molar-refractivity contribution is 4.94. The van der Waals surface area contributed by atoms with Crippen molar-refractivity contribution in [2.24, 2.45) is 5.73 Å². The van der Waals surface area contributed by atoms with E-state index in [9.17, 15) is 0 Å². The van der Waals surface area contributed by atoms with Gasteiger partial charge in [-0.2, -0.15) is 0 Å². The molecule has 0 unspecified atom stereocenters.